The van der Waals surface area contributed by atoms with Gasteiger partial charge in [0.2, 0.25) is 0 Å². The van der Waals surface area contributed by atoms with Crippen LogP contribution in [0.5, 0.6) is 0 Å². The molecule has 0 aliphatic rings. The molecule has 0 saturated carbocycles. The lowest BCUT2D eigenvalue weighted by molar-refractivity contribution is 0.104. The van der Waals surface area contributed by atoms with E-state index in [-0.39, 0.29) is 12.2 Å². The summed E-state index contributed by atoms with van der Waals surface area (Å²) >= 11 is 0. The van der Waals surface area contributed by atoms with E-state index >= 15 is 0 Å². The normalized spacial score (nSPS) is 15.7. The Morgan fingerprint density at radius 1 is 1.14 bits per heavy atom. The van der Waals surface area contributed by atoms with Crippen molar-refractivity contribution in [3.8, 4) is 0 Å². The molecule has 3 N–H and O–H groups in total. The van der Waals surface area contributed by atoms with Crippen molar-refractivity contribution in [2.75, 3.05) is 33.2 Å². The second-order valence-corrected chi connectivity index (χ2v) is 7.88. The standard InChI is InChI=1S/C17H38N2O2/c1-14(2)16(21)12-18-10-7-11-19(6)13-15(20)8-9-17(3,4)5/h14-16,18,20-21H,7-13H2,1-6H3. The summed E-state index contributed by atoms with van der Waals surface area (Å²) in [5, 5.41) is 23.0. The van der Waals surface area contributed by atoms with E-state index in [9.17, 15) is 10.2 Å². The Kier molecular flexibility index (Phi) is 10.5. The monoisotopic (exact) mass is 302 g/mol. The van der Waals surface area contributed by atoms with Crippen molar-refractivity contribution in [3.63, 3.8) is 0 Å². The molecule has 0 aromatic rings. The average molecular weight is 303 g/mol. The van der Waals surface area contributed by atoms with Gasteiger partial charge in [0.15, 0.2) is 0 Å². The van der Waals surface area contributed by atoms with Crippen LogP contribution in [0.4, 0.5) is 0 Å². The molecule has 0 heterocycles. The Morgan fingerprint density at radius 3 is 2.29 bits per heavy atom. The SMILES string of the molecule is CC(C)C(O)CNCCCN(C)CC(O)CCC(C)(C)C. The number of hydrogen-bond acceptors (Lipinski definition) is 4. The highest BCUT2D eigenvalue weighted by Crippen LogP contribution is 2.21. The third kappa shape index (κ3) is 13.2. The molecule has 4 heteroatoms. The van der Waals surface area contributed by atoms with E-state index < -0.39 is 0 Å². The Hall–Kier alpha value is -0.160. The molecule has 2 atom stereocenters. The number of likely N-dealkylation sites (N-methyl/N-ethyl adjacent to an activating group) is 1. The van der Waals surface area contributed by atoms with E-state index in [2.05, 4.69) is 38.0 Å². The first-order valence-electron chi connectivity index (χ1n) is 8.37. The minimum absolute atomic E-state index is 0.232. The maximum absolute atomic E-state index is 10.0. The number of aliphatic hydroxyl groups is 2. The van der Waals surface area contributed by atoms with Gasteiger partial charge in [0, 0.05) is 13.1 Å². The molecule has 0 amide bonds. The third-order valence-electron chi connectivity index (χ3n) is 3.77. The highest BCUT2D eigenvalue weighted by molar-refractivity contribution is 4.68. The fourth-order valence-corrected chi connectivity index (χ4v) is 2.10. The number of nitrogens with zero attached hydrogens (tertiary/aromatic N) is 1. The zero-order chi connectivity index (χ0) is 16.5. The molecule has 0 aromatic heterocycles. The predicted molar refractivity (Wildman–Crippen MR) is 90.5 cm³/mol. The Morgan fingerprint density at radius 2 is 1.76 bits per heavy atom. The molecule has 0 radical (unpaired) electrons. The molecule has 2 unspecified atom stereocenters. The number of nitrogens with one attached hydrogen (secondary N) is 1. The van der Waals surface area contributed by atoms with Crippen molar-refractivity contribution in [1.82, 2.24) is 10.2 Å². The molecule has 0 aliphatic heterocycles. The van der Waals surface area contributed by atoms with Crippen LogP contribution in [0, 0.1) is 11.3 Å². The second kappa shape index (κ2) is 10.5. The molecule has 21 heavy (non-hydrogen) atoms. The van der Waals surface area contributed by atoms with E-state index in [1.807, 2.05) is 13.8 Å². The van der Waals surface area contributed by atoms with Gasteiger partial charge in [-0.3, -0.25) is 0 Å². The van der Waals surface area contributed by atoms with Crippen LogP contribution in [0.2, 0.25) is 0 Å². The van der Waals surface area contributed by atoms with Gasteiger partial charge in [-0.15, -0.1) is 0 Å². The molecule has 0 spiro atoms. The quantitative estimate of drug-likeness (QED) is 0.512. The van der Waals surface area contributed by atoms with Crippen LogP contribution in [0.15, 0.2) is 0 Å². The molecular formula is C17H38N2O2. The first-order chi connectivity index (χ1) is 9.61. The predicted octanol–water partition coefficient (Wildman–Crippen LogP) is 2.10. The molecule has 0 aromatic carbocycles. The maximum atomic E-state index is 10.0. The van der Waals surface area contributed by atoms with Gasteiger partial charge >= 0.3 is 0 Å². The number of hydrogen-bond donors (Lipinski definition) is 3. The summed E-state index contributed by atoms with van der Waals surface area (Å²) in [6.45, 7) is 14.0. The molecule has 0 saturated heterocycles. The lowest BCUT2D eigenvalue weighted by Crippen LogP contribution is -2.34. The summed E-state index contributed by atoms with van der Waals surface area (Å²) < 4.78 is 0. The number of rotatable bonds is 11. The number of aliphatic hydroxyl groups excluding tert-OH is 2. The smallest absolute Gasteiger partial charge is 0.0687 e. The lowest BCUT2D eigenvalue weighted by Gasteiger charge is -2.24. The molecule has 0 bridgehead atoms. The van der Waals surface area contributed by atoms with Crippen molar-refractivity contribution in [1.29, 1.82) is 0 Å². The molecule has 0 rings (SSSR count). The zero-order valence-corrected chi connectivity index (χ0v) is 15.0. The Balaban J connectivity index is 3.60. The van der Waals surface area contributed by atoms with Crippen molar-refractivity contribution >= 4 is 0 Å². The van der Waals surface area contributed by atoms with Crippen LogP contribution >= 0.6 is 0 Å². The van der Waals surface area contributed by atoms with E-state index in [1.54, 1.807) is 0 Å². The fourth-order valence-electron chi connectivity index (χ4n) is 2.10. The molecule has 0 aliphatic carbocycles. The highest BCUT2D eigenvalue weighted by Gasteiger charge is 2.14. The van der Waals surface area contributed by atoms with Gasteiger partial charge in [-0.2, -0.15) is 0 Å². The fraction of sp³-hybridized carbons (Fsp3) is 1.00. The maximum Gasteiger partial charge on any atom is 0.0687 e. The molecule has 0 fully saturated rings. The van der Waals surface area contributed by atoms with Crippen LogP contribution in [0.1, 0.15) is 53.9 Å². The van der Waals surface area contributed by atoms with Crippen molar-refractivity contribution in [3.05, 3.63) is 0 Å². The van der Waals surface area contributed by atoms with Gasteiger partial charge in [-0.25, -0.2) is 0 Å². The van der Waals surface area contributed by atoms with Crippen LogP contribution in [-0.2, 0) is 0 Å². The van der Waals surface area contributed by atoms with Crippen molar-refractivity contribution in [2.24, 2.45) is 11.3 Å². The Labute approximate surface area is 131 Å². The van der Waals surface area contributed by atoms with Crippen molar-refractivity contribution < 1.29 is 10.2 Å². The summed E-state index contributed by atoms with van der Waals surface area (Å²) in [5.74, 6) is 0.304. The molecule has 4 nitrogen and oxygen atoms in total. The molecular weight excluding hydrogens is 264 g/mol. The summed E-state index contributed by atoms with van der Waals surface area (Å²) in [6.07, 6.45) is 2.46. The van der Waals surface area contributed by atoms with E-state index in [1.165, 1.54) is 0 Å². The second-order valence-electron chi connectivity index (χ2n) is 7.88. The van der Waals surface area contributed by atoms with Gasteiger partial charge in [-0.05, 0) is 50.7 Å². The van der Waals surface area contributed by atoms with Crippen LogP contribution in [-0.4, -0.2) is 60.5 Å². The summed E-state index contributed by atoms with van der Waals surface area (Å²) in [4.78, 5) is 2.19. The summed E-state index contributed by atoms with van der Waals surface area (Å²) in [7, 11) is 2.06. The average Bonchev–Trinajstić information content (AvgIpc) is 2.34. The summed E-state index contributed by atoms with van der Waals surface area (Å²) in [6, 6.07) is 0. The van der Waals surface area contributed by atoms with E-state index in [0.29, 0.717) is 17.9 Å². The first-order valence-corrected chi connectivity index (χ1v) is 8.37. The van der Waals surface area contributed by atoms with E-state index in [0.717, 1.165) is 38.9 Å². The minimum Gasteiger partial charge on any atom is -0.392 e. The van der Waals surface area contributed by atoms with E-state index in [4.69, 9.17) is 0 Å². The first kappa shape index (κ1) is 20.8. The zero-order valence-electron chi connectivity index (χ0n) is 15.0. The minimum atomic E-state index is -0.262. The largest absolute Gasteiger partial charge is 0.392 e. The third-order valence-corrected chi connectivity index (χ3v) is 3.77. The van der Waals surface area contributed by atoms with Crippen molar-refractivity contribution in [2.45, 2.75) is 66.1 Å². The van der Waals surface area contributed by atoms with Crippen LogP contribution < -0.4 is 5.32 Å². The summed E-state index contributed by atoms with van der Waals surface area (Å²) in [5.41, 5.74) is 0.292. The Bertz CT molecular complexity index is 252. The topological polar surface area (TPSA) is 55.7 Å². The van der Waals surface area contributed by atoms with Crippen LogP contribution in [0.3, 0.4) is 0 Å². The van der Waals surface area contributed by atoms with Crippen LogP contribution in [0.25, 0.3) is 0 Å². The lowest BCUT2D eigenvalue weighted by atomic mass is 9.89. The van der Waals surface area contributed by atoms with Gasteiger partial charge < -0.3 is 20.4 Å². The van der Waals surface area contributed by atoms with Gasteiger partial charge in [0.25, 0.3) is 0 Å². The highest BCUT2D eigenvalue weighted by atomic mass is 16.3. The molecule has 128 valence electrons. The van der Waals surface area contributed by atoms with Gasteiger partial charge in [-0.1, -0.05) is 34.6 Å². The van der Waals surface area contributed by atoms with Gasteiger partial charge in [0.1, 0.15) is 0 Å². The van der Waals surface area contributed by atoms with Gasteiger partial charge in [0.05, 0.1) is 12.2 Å².